The lowest BCUT2D eigenvalue weighted by atomic mass is 10.3. The maximum Gasteiger partial charge on any atom is 0.317 e. The van der Waals surface area contributed by atoms with Crippen molar-refractivity contribution in [1.29, 1.82) is 0 Å². The number of alkyl halides is 1. The Bertz CT molecular complexity index is 128. The lowest BCUT2D eigenvalue weighted by molar-refractivity contribution is 0.219. The van der Waals surface area contributed by atoms with Crippen LogP contribution in [0.2, 0.25) is 0 Å². The maximum atomic E-state index is 10.7. The molecular formula is C5H9ClN2O. The van der Waals surface area contributed by atoms with Gasteiger partial charge >= 0.3 is 6.03 Å². The van der Waals surface area contributed by atoms with Crippen LogP contribution < -0.4 is 5.32 Å². The highest BCUT2D eigenvalue weighted by atomic mass is 35.5. The van der Waals surface area contributed by atoms with E-state index in [4.69, 9.17) is 11.6 Å². The fourth-order valence-corrected chi connectivity index (χ4v) is 1.11. The lowest BCUT2D eigenvalue weighted by Crippen LogP contribution is -2.30. The van der Waals surface area contributed by atoms with E-state index < -0.39 is 0 Å². The molecule has 1 saturated heterocycles. The predicted octanol–water partition coefficient (Wildman–Crippen LogP) is 0.249. The third-order valence-electron chi connectivity index (χ3n) is 1.54. The van der Waals surface area contributed by atoms with Crippen LogP contribution in [-0.4, -0.2) is 36.4 Å². The number of nitrogens with one attached hydrogen (secondary N) is 1. The maximum absolute atomic E-state index is 10.7. The Balaban J connectivity index is 2.51. The van der Waals surface area contributed by atoms with Gasteiger partial charge in [0.15, 0.2) is 0 Å². The molecule has 0 aliphatic carbocycles. The summed E-state index contributed by atoms with van der Waals surface area (Å²) in [5.74, 6) is 0.509. The van der Waals surface area contributed by atoms with Gasteiger partial charge in [0.05, 0.1) is 6.04 Å². The van der Waals surface area contributed by atoms with E-state index in [0.717, 1.165) is 0 Å². The zero-order valence-electron chi connectivity index (χ0n) is 5.22. The first-order valence-electron chi connectivity index (χ1n) is 2.82. The van der Waals surface area contributed by atoms with Gasteiger partial charge in [0.1, 0.15) is 0 Å². The van der Waals surface area contributed by atoms with Crippen molar-refractivity contribution >= 4 is 17.6 Å². The summed E-state index contributed by atoms with van der Waals surface area (Å²) in [6.45, 7) is 0.679. The summed E-state index contributed by atoms with van der Waals surface area (Å²) in [6, 6.07) is 0.153. The van der Waals surface area contributed by atoms with Crippen LogP contribution in [0.4, 0.5) is 4.79 Å². The number of carbonyl (C=O) groups excluding carboxylic acids is 1. The van der Waals surface area contributed by atoms with E-state index in [1.54, 1.807) is 11.9 Å². The number of nitrogens with zero attached hydrogens (tertiary/aromatic N) is 1. The fraction of sp³-hybridized carbons (Fsp3) is 0.800. The van der Waals surface area contributed by atoms with E-state index in [2.05, 4.69) is 5.32 Å². The van der Waals surface area contributed by atoms with Crippen molar-refractivity contribution in [2.75, 3.05) is 19.5 Å². The van der Waals surface area contributed by atoms with Crippen LogP contribution in [0.5, 0.6) is 0 Å². The molecule has 3 nitrogen and oxygen atoms in total. The van der Waals surface area contributed by atoms with Crippen molar-refractivity contribution in [3.63, 3.8) is 0 Å². The molecule has 0 unspecified atom stereocenters. The average Bonchev–Trinajstić information content (AvgIpc) is 2.15. The second-order valence-corrected chi connectivity index (χ2v) is 2.41. The number of hydrogen-bond acceptors (Lipinski definition) is 1. The molecule has 2 amide bonds. The molecule has 0 saturated carbocycles. The number of carbonyl (C=O) groups is 1. The van der Waals surface area contributed by atoms with E-state index in [1.165, 1.54) is 0 Å². The molecule has 0 aromatic carbocycles. The molecular weight excluding hydrogens is 140 g/mol. The van der Waals surface area contributed by atoms with Crippen LogP contribution in [-0.2, 0) is 0 Å². The summed E-state index contributed by atoms with van der Waals surface area (Å²) in [5.41, 5.74) is 0. The first kappa shape index (κ1) is 6.68. The predicted molar refractivity (Wildman–Crippen MR) is 35.7 cm³/mol. The standard InChI is InChI=1S/C5H9ClN2O/c1-8-4(2-6)3-7-5(8)9/h4H,2-3H2,1H3,(H,7,9)/t4-/m0/s1. The molecule has 1 aliphatic rings. The quantitative estimate of drug-likeness (QED) is 0.532. The molecule has 0 aromatic rings. The Hall–Kier alpha value is -0.440. The highest BCUT2D eigenvalue weighted by Crippen LogP contribution is 2.04. The first-order chi connectivity index (χ1) is 4.25. The van der Waals surface area contributed by atoms with Crippen LogP contribution in [0.15, 0.2) is 0 Å². The number of amides is 2. The minimum atomic E-state index is -0.0272. The van der Waals surface area contributed by atoms with E-state index in [-0.39, 0.29) is 12.1 Å². The summed E-state index contributed by atoms with van der Waals surface area (Å²) in [6.07, 6.45) is 0. The molecule has 1 rings (SSSR count). The Morgan fingerprint density at radius 1 is 2.00 bits per heavy atom. The molecule has 9 heavy (non-hydrogen) atoms. The summed E-state index contributed by atoms with van der Waals surface area (Å²) in [4.78, 5) is 12.3. The molecule has 0 spiro atoms. The third-order valence-corrected chi connectivity index (χ3v) is 1.89. The Morgan fingerprint density at radius 3 is 2.89 bits per heavy atom. The molecule has 1 N–H and O–H groups in total. The lowest BCUT2D eigenvalue weighted by Gasteiger charge is -2.13. The Labute approximate surface area is 59.0 Å². The largest absolute Gasteiger partial charge is 0.336 e. The highest BCUT2D eigenvalue weighted by molar-refractivity contribution is 6.18. The van der Waals surface area contributed by atoms with Crippen molar-refractivity contribution in [2.24, 2.45) is 0 Å². The highest BCUT2D eigenvalue weighted by Gasteiger charge is 2.25. The summed E-state index contributed by atoms with van der Waals surface area (Å²) in [5, 5.41) is 2.67. The average molecular weight is 149 g/mol. The normalized spacial score (nSPS) is 26.7. The van der Waals surface area contributed by atoms with Gasteiger partial charge in [-0.1, -0.05) is 0 Å². The number of hydrogen-bond donors (Lipinski definition) is 1. The minimum Gasteiger partial charge on any atom is -0.336 e. The van der Waals surface area contributed by atoms with Crippen LogP contribution in [0.1, 0.15) is 0 Å². The van der Waals surface area contributed by atoms with E-state index >= 15 is 0 Å². The fourth-order valence-electron chi connectivity index (χ4n) is 0.791. The van der Waals surface area contributed by atoms with Gasteiger partial charge in [-0.2, -0.15) is 0 Å². The van der Waals surface area contributed by atoms with Crippen LogP contribution in [0, 0.1) is 0 Å². The smallest absolute Gasteiger partial charge is 0.317 e. The van der Waals surface area contributed by atoms with Gasteiger partial charge in [-0.25, -0.2) is 4.79 Å². The zero-order chi connectivity index (χ0) is 6.85. The van der Waals surface area contributed by atoms with Crippen LogP contribution in [0.3, 0.4) is 0 Å². The first-order valence-corrected chi connectivity index (χ1v) is 3.35. The molecule has 1 atom stereocenters. The van der Waals surface area contributed by atoms with Gasteiger partial charge in [0.2, 0.25) is 0 Å². The zero-order valence-corrected chi connectivity index (χ0v) is 5.98. The van der Waals surface area contributed by atoms with E-state index in [9.17, 15) is 4.79 Å². The summed E-state index contributed by atoms with van der Waals surface area (Å²) in [7, 11) is 1.75. The van der Waals surface area contributed by atoms with Gasteiger partial charge < -0.3 is 10.2 Å². The molecule has 0 radical (unpaired) electrons. The van der Waals surface area contributed by atoms with Crippen molar-refractivity contribution in [1.82, 2.24) is 10.2 Å². The monoisotopic (exact) mass is 148 g/mol. The second kappa shape index (κ2) is 2.43. The molecule has 1 fully saturated rings. The number of likely N-dealkylation sites (N-methyl/N-ethyl adjacent to an activating group) is 1. The Kier molecular flexibility index (Phi) is 1.81. The van der Waals surface area contributed by atoms with Crippen molar-refractivity contribution < 1.29 is 4.79 Å². The van der Waals surface area contributed by atoms with Gasteiger partial charge in [-0.15, -0.1) is 11.6 Å². The molecule has 4 heteroatoms. The van der Waals surface area contributed by atoms with Crippen molar-refractivity contribution in [2.45, 2.75) is 6.04 Å². The molecule has 1 aliphatic heterocycles. The van der Waals surface area contributed by atoms with Gasteiger partial charge in [-0.3, -0.25) is 0 Å². The minimum absolute atomic E-state index is 0.0272. The molecule has 0 bridgehead atoms. The third kappa shape index (κ3) is 1.10. The van der Waals surface area contributed by atoms with Crippen molar-refractivity contribution in [3.8, 4) is 0 Å². The van der Waals surface area contributed by atoms with Gasteiger partial charge in [-0.05, 0) is 0 Å². The number of rotatable bonds is 1. The van der Waals surface area contributed by atoms with E-state index in [0.29, 0.717) is 12.4 Å². The van der Waals surface area contributed by atoms with Gasteiger partial charge in [0.25, 0.3) is 0 Å². The SMILES string of the molecule is CN1C(=O)NC[C@@H]1CCl. The van der Waals surface area contributed by atoms with Gasteiger partial charge in [0, 0.05) is 19.5 Å². The topological polar surface area (TPSA) is 32.3 Å². The van der Waals surface area contributed by atoms with E-state index in [1.807, 2.05) is 0 Å². The summed E-state index contributed by atoms with van der Waals surface area (Å²) < 4.78 is 0. The molecule has 1 heterocycles. The summed E-state index contributed by atoms with van der Waals surface area (Å²) >= 11 is 5.53. The molecule has 0 aromatic heterocycles. The van der Waals surface area contributed by atoms with Crippen LogP contribution >= 0.6 is 11.6 Å². The Morgan fingerprint density at radius 2 is 2.67 bits per heavy atom. The second-order valence-electron chi connectivity index (χ2n) is 2.11. The molecule has 52 valence electrons. The van der Waals surface area contributed by atoms with Crippen LogP contribution in [0.25, 0.3) is 0 Å². The number of halogens is 1. The number of urea groups is 1. The van der Waals surface area contributed by atoms with Crippen molar-refractivity contribution in [3.05, 3.63) is 0 Å².